The molecule has 10 nitrogen and oxygen atoms in total. The van der Waals surface area contributed by atoms with Crippen LogP contribution in [-0.2, 0) is 14.6 Å². The molecule has 0 saturated heterocycles. The molecule has 0 aliphatic heterocycles. The van der Waals surface area contributed by atoms with E-state index in [1.807, 2.05) is 0 Å². The Morgan fingerprint density at radius 2 is 1.76 bits per heavy atom. The summed E-state index contributed by atoms with van der Waals surface area (Å²) in [6.45, 7) is 4.93. The maximum atomic E-state index is 12.8. The van der Waals surface area contributed by atoms with Crippen LogP contribution in [0.5, 0.6) is 5.75 Å². The van der Waals surface area contributed by atoms with Crippen LogP contribution in [0.1, 0.15) is 44.0 Å². The molecule has 0 spiro atoms. The topological polar surface area (TPSA) is 139 Å². The molecule has 1 aliphatic carbocycles. The number of hydrogen-bond acceptors (Lipinski definition) is 8. The van der Waals surface area contributed by atoms with Crippen molar-refractivity contribution >= 4 is 38.8 Å². The van der Waals surface area contributed by atoms with E-state index in [1.54, 1.807) is 51.1 Å². The molecule has 1 aromatic carbocycles. The first-order valence-electron chi connectivity index (χ1n) is 12.1. The van der Waals surface area contributed by atoms with E-state index in [4.69, 9.17) is 4.74 Å². The fourth-order valence-electron chi connectivity index (χ4n) is 3.77. The molecule has 1 saturated carbocycles. The number of sulfone groups is 1. The third-order valence-corrected chi connectivity index (χ3v) is 8.67. The number of hydrogen-bond donors (Lipinski definition) is 3. The lowest BCUT2D eigenvalue weighted by Crippen LogP contribution is -2.27. The highest BCUT2D eigenvalue weighted by Gasteiger charge is 2.31. The van der Waals surface area contributed by atoms with Gasteiger partial charge in [-0.2, -0.15) is 0 Å². The van der Waals surface area contributed by atoms with Gasteiger partial charge in [0.1, 0.15) is 5.82 Å². The number of benzene rings is 1. The molecule has 0 radical (unpaired) electrons. The van der Waals surface area contributed by atoms with Gasteiger partial charge in [0, 0.05) is 37.0 Å². The molecule has 3 N–H and O–H groups in total. The average molecular weight is 538 g/mol. The van der Waals surface area contributed by atoms with Crippen molar-refractivity contribution in [2.45, 2.75) is 43.3 Å². The molecule has 2 amide bonds. The molecular formula is C27H31N5O5S. The Bertz CT molecular complexity index is 1480. The lowest BCUT2D eigenvalue weighted by molar-refractivity contribution is -0.117. The molecule has 0 unspecified atom stereocenters. The van der Waals surface area contributed by atoms with Gasteiger partial charge in [-0.1, -0.05) is 6.07 Å². The van der Waals surface area contributed by atoms with Crippen molar-refractivity contribution in [3.63, 3.8) is 0 Å². The number of ether oxygens (including phenoxy) is 1. The molecule has 1 fully saturated rings. The quantitative estimate of drug-likeness (QED) is 0.389. The molecule has 0 atom stereocenters. The second kappa shape index (κ2) is 10.4. The van der Waals surface area contributed by atoms with Gasteiger partial charge in [0.05, 0.1) is 39.4 Å². The SMILES string of the molecule is CNC(=O)c1cnc(NC(=O)C2CC2)cc1Nc1cccc(-c2ccc(S(=O)(=O)C(C)(C)C)cn2)c1OC. The number of carbonyl (C=O) groups is 2. The molecule has 11 heteroatoms. The number of nitrogens with zero attached hydrogens (tertiary/aromatic N) is 2. The number of methoxy groups -OCH3 is 1. The van der Waals surface area contributed by atoms with E-state index < -0.39 is 14.6 Å². The molecule has 4 rings (SSSR count). The Labute approximate surface area is 222 Å². The van der Waals surface area contributed by atoms with Gasteiger partial charge in [-0.05, 0) is 57.9 Å². The summed E-state index contributed by atoms with van der Waals surface area (Å²) in [4.78, 5) is 33.5. The van der Waals surface area contributed by atoms with Gasteiger partial charge in [-0.15, -0.1) is 0 Å². The summed E-state index contributed by atoms with van der Waals surface area (Å²) >= 11 is 0. The molecular weight excluding hydrogens is 506 g/mol. The molecule has 38 heavy (non-hydrogen) atoms. The number of amides is 2. The number of para-hydroxylation sites is 1. The highest BCUT2D eigenvalue weighted by Crippen LogP contribution is 2.38. The highest BCUT2D eigenvalue weighted by atomic mass is 32.2. The van der Waals surface area contributed by atoms with Crippen LogP contribution in [0.15, 0.2) is 53.7 Å². The van der Waals surface area contributed by atoms with Crippen LogP contribution < -0.4 is 20.7 Å². The van der Waals surface area contributed by atoms with Crippen LogP contribution in [0.3, 0.4) is 0 Å². The van der Waals surface area contributed by atoms with Crippen LogP contribution in [0.2, 0.25) is 0 Å². The zero-order valence-electron chi connectivity index (χ0n) is 22.0. The Balaban J connectivity index is 1.70. The molecule has 200 valence electrons. The Kier molecular flexibility index (Phi) is 7.41. The average Bonchev–Trinajstić information content (AvgIpc) is 3.73. The van der Waals surface area contributed by atoms with Crippen LogP contribution in [-0.4, -0.2) is 49.1 Å². The summed E-state index contributed by atoms with van der Waals surface area (Å²) in [6, 6.07) is 10.1. The highest BCUT2D eigenvalue weighted by molar-refractivity contribution is 7.92. The van der Waals surface area contributed by atoms with Crippen LogP contribution in [0, 0.1) is 5.92 Å². The predicted molar refractivity (Wildman–Crippen MR) is 145 cm³/mol. The smallest absolute Gasteiger partial charge is 0.254 e. The van der Waals surface area contributed by atoms with Crippen molar-refractivity contribution in [2.75, 3.05) is 24.8 Å². The zero-order chi connectivity index (χ0) is 27.7. The second-order valence-electron chi connectivity index (χ2n) is 9.96. The summed E-state index contributed by atoms with van der Waals surface area (Å²) in [5.41, 5.74) is 2.36. The van der Waals surface area contributed by atoms with Crippen LogP contribution in [0.25, 0.3) is 11.3 Å². The van der Waals surface area contributed by atoms with E-state index in [0.29, 0.717) is 34.2 Å². The van der Waals surface area contributed by atoms with Gasteiger partial charge < -0.3 is 20.7 Å². The standard InChI is InChI=1S/C27H31N5O5S/c1-27(2,3)38(35,36)17-11-12-20(29-14-17)18-7-6-8-21(24(18)37-5)31-22-13-23(32-25(33)16-9-10-16)30-15-19(22)26(34)28-4/h6-8,11-16H,9-10H2,1-5H3,(H,28,34)(H2,30,31,32,33). The number of aromatic nitrogens is 2. The van der Waals surface area contributed by atoms with Crippen molar-refractivity contribution in [1.82, 2.24) is 15.3 Å². The number of carbonyl (C=O) groups excluding carboxylic acids is 2. The third-order valence-electron chi connectivity index (χ3n) is 6.19. The Morgan fingerprint density at radius 1 is 1.03 bits per heavy atom. The summed E-state index contributed by atoms with van der Waals surface area (Å²) < 4.78 is 30.3. The summed E-state index contributed by atoms with van der Waals surface area (Å²) in [6.07, 6.45) is 4.45. The van der Waals surface area contributed by atoms with Crippen molar-refractivity contribution in [3.8, 4) is 17.0 Å². The summed E-state index contributed by atoms with van der Waals surface area (Å²) in [7, 11) is -0.521. The van der Waals surface area contributed by atoms with E-state index >= 15 is 0 Å². The van der Waals surface area contributed by atoms with Crippen molar-refractivity contribution in [1.29, 1.82) is 0 Å². The predicted octanol–water partition coefficient (Wildman–Crippen LogP) is 4.18. The van der Waals surface area contributed by atoms with Gasteiger partial charge in [0.25, 0.3) is 5.91 Å². The van der Waals surface area contributed by atoms with E-state index in [1.165, 1.54) is 32.6 Å². The van der Waals surface area contributed by atoms with Gasteiger partial charge in [-0.3, -0.25) is 14.6 Å². The van der Waals surface area contributed by atoms with E-state index in [9.17, 15) is 18.0 Å². The molecule has 3 aromatic rings. The van der Waals surface area contributed by atoms with Gasteiger partial charge in [-0.25, -0.2) is 13.4 Å². The maximum absolute atomic E-state index is 12.8. The van der Waals surface area contributed by atoms with Gasteiger partial charge in [0.2, 0.25) is 5.91 Å². The van der Waals surface area contributed by atoms with Crippen molar-refractivity contribution < 1.29 is 22.7 Å². The first kappa shape index (κ1) is 27.1. The van der Waals surface area contributed by atoms with Crippen molar-refractivity contribution in [2.24, 2.45) is 5.92 Å². The normalized spacial score (nSPS) is 13.5. The fraction of sp³-hybridized carbons (Fsp3) is 0.333. The van der Waals surface area contributed by atoms with E-state index in [0.717, 1.165) is 12.8 Å². The molecule has 1 aliphatic rings. The maximum Gasteiger partial charge on any atom is 0.254 e. The van der Waals surface area contributed by atoms with E-state index in [-0.39, 0.29) is 28.2 Å². The Hall–Kier alpha value is -3.99. The minimum atomic E-state index is -3.55. The minimum Gasteiger partial charge on any atom is -0.494 e. The fourth-order valence-corrected chi connectivity index (χ4v) is 4.92. The molecule has 2 aromatic heterocycles. The first-order valence-corrected chi connectivity index (χ1v) is 13.6. The Morgan fingerprint density at radius 3 is 2.34 bits per heavy atom. The second-order valence-corrected chi connectivity index (χ2v) is 12.7. The molecule has 0 bridgehead atoms. The monoisotopic (exact) mass is 537 g/mol. The largest absolute Gasteiger partial charge is 0.494 e. The number of anilines is 3. The third kappa shape index (κ3) is 5.47. The number of rotatable bonds is 8. The lowest BCUT2D eigenvalue weighted by Gasteiger charge is -2.19. The summed E-state index contributed by atoms with van der Waals surface area (Å²) in [5, 5.41) is 8.62. The molecule has 2 heterocycles. The first-order chi connectivity index (χ1) is 18.0. The summed E-state index contributed by atoms with van der Waals surface area (Å²) in [5.74, 6) is 0.311. The minimum absolute atomic E-state index is 0.000811. The van der Waals surface area contributed by atoms with Crippen LogP contribution in [0.4, 0.5) is 17.2 Å². The number of nitrogens with one attached hydrogen (secondary N) is 3. The van der Waals surface area contributed by atoms with Crippen molar-refractivity contribution in [3.05, 3.63) is 54.4 Å². The van der Waals surface area contributed by atoms with E-state index in [2.05, 4.69) is 25.9 Å². The van der Waals surface area contributed by atoms with Gasteiger partial charge >= 0.3 is 0 Å². The zero-order valence-corrected chi connectivity index (χ0v) is 22.8. The number of pyridine rings is 2. The van der Waals surface area contributed by atoms with Crippen LogP contribution >= 0.6 is 0 Å². The van der Waals surface area contributed by atoms with Gasteiger partial charge in [0.15, 0.2) is 15.6 Å². The lowest BCUT2D eigenvalue weighted by atomic mass is 10.1.